The van der Waals surface area contributed by atoms with Crippen LogP contribution in [0.1, 0.15) is 60.0 Å². The van der Waals surface area contributed by atoms with Gasteiger partial charge in [0.1, 0.15) is 0 Å². The first kappa shape index (κ1) is 17.3. The summed E-state index contributed by atoms with van der Waals surface area (Å²) < 4.78 is 0. The molecule has 0 unspecified atom stereocenters. The quantitative estimate of drug-likeness (QED) is 0.428. The highest BCUT2D eigenvalue weighted by Crippen LogP contribution is 2.60. The Kier molecular flexibility index (Phi) is 4.24. The number of carbonyl (C=O) groups excluding carboxylic acids is 1. The molecule has 2 aromatic carbocycles. The predicted octanol–water partition coefficient (Wildman–Crippen LogP) is 6.70. The summed E-state index contributed by atoms with van der Waals surface area (Å²) in [5.41, 5.74) is 3.63. The molecule has 4 bridgehead atoms. The van der Waals surface area contributed by atoms with Crippen LogP contribution in [-0.4, -0.2) is 5.78 Å². The first-order chi connectivity index (χ1) is 13.1. The molecule has 4 fully saturated rings. The second-order valence-corrected chi connectivity index (χ2v) is 9.46. The zero-order chi connectivity index (χ0) is 18.4. The van der Waals surface area contributed by atoms with Crippen molar-refractivity contribution in [2.45, 2.75) is 43.9 Å². The number of allylic oxidation sites excluding steroid dienone is 1. The van der Waals surface area contributed by atoms with Gasteiger partial charge in [-0.2, -0.15) is 0 Å². The molecule has 0 spiro atoms. The summed E-state index contributed by atoms with van der Waals surface area (Å²) in [7, 11) is 0. The van der Waals surface area contributed by atoms with Crippen LogP contribution in [0.15, 0.2) is 54.6 Å². The van der Waals surface area contributed by atoms with Crippen LogP contribution in [0.4, 0.5) is 0 Å². The minimum absolute atomic E-state index is 0.0574. The van der Waals surface area contributed by atoms with E-state index in [1.807, 2.05) is 42.5 Å². The van der Waals surface area contributed by atoms with Gasteiger partial charge in [-0.3, -0.25) is 4.79 Å². The van der Waals surface area contributed by atoms with E-state index < -0.39 is 0 Å². The van der Waals surface area contributed by atoms with Gasteiger partial charge in [0.05, 0.1) is 0 Å². The average molecular weight is 377 g/mol. The molecule has 0 aromatic heterocycles. The highest BCUT2D eigenvalue weighted by Gasteiger charge is 2.51. The number of rotatable bonds is 4. The molecule has 0 atom stereocenters. The minimum Gasteiger partial charge on any atom is -0.289 e. The standard InChI is InChI=1S/C25H25ClO/c26-23-8-1-17(2-9-23)3-10-24(27)21-4-6-22(7-5-21)25-14-18-11-19(15-25)13-20(12-18)16-25/h1-10,18-20H,11-16H2/b10-3+. The monoisotopic (exact) mass is 376 g/mol. The lowest BCUT2D eigenvalue weighted by atomic mass is 9.48. The zero-order valence-electron chi connectivity index (χ0n) is 15.5. The number of halogens is 1. The van der Waals surface area contributed by atoms with Crippen molar-refractivity contribution in [3.05, 3.63) is 76.3 Å². The maximum absolute atomic E-state index is 12.5. The predicted molar refractivity (Wildman–Crippen MR) is 111 cm³/mol. The van der Waals surface area contributed by atoms with E-state index in [-0.39, 0.29) is 5.78 Å². The van der Waals surface area contributed by atoms with Crippen molar-refractivity contribution in [2.75, 3.05) is 0 Å². The maximum atomic E-state index is 12.5. The molecule has 6 rings (SSSR count). The Morgan fingerprint density at radius 1 is 0.852 bits per heavy atom. The lowest BCUT2D eigenvalue weighted by Crippen LogP contribution is -2.48. The summed E-state index contributed by atoms with van der Waals surface area (Å²) in [4.78, 5) is 12.5. The number of hydrogen-bond acceptors (Lipinski definition) is 1. The SMILES string of the molecule is O=C(/C=C/c1ccc(Cl)cc1)c1ccc(C23CC4CC(CC(C4)C2)C3)cc1. The molecule has 2 aromatic rings. The van der Waals surface area contributed by atoms with Gasteiger partial charge >= 0.3 is 0 Å². The van der Waals surface area contributed by atoms with E-state index in [4.69, 9.17) is 11.6 Å². The summed E-state index contributed by atoms with van der Waals surface area (Å²) in [6.07, 6.45) is 12.0. The van der Waals surface area contributed by atoms with Gasteiger partial charge in [0.15, 0.2) is 5.78 Å². The van der Waals surface area contributed by atoms with Gasteiger partial charge in [0, 0.05) is 10.6 Å². The molecule has 1 nitrogen and oxygen atoms in total. The average Bonchev–Trinajstić information content (AvgIpc) is 2.66. The zero-order valence-corrected chi connectivity index (χ0v) is 16.3. The van der Waals surface area contributed by atoms with Crippen LogP contribution in [-0.2, 0) is 5.41 Å². The van der Waals surface area contributed by atoms with Crippen LogP contribution >= 0.6 is 11.6 Å². The summed E-state index contributed by atoms with van der Waals surface area (Å²) in [6.45, 7) is 0. The highest BCUT2D eigenvalue weighted by molar-refractivity contribution is 6.30. The molecule has 0 amide bonds. The molecule has 0 aliphatic heterocycles. The number of benzene rings is 2. The Morgan fingerprint density at radius 3 is 1.96 bits per heavy atom. The summed E-state index contributed by atoms with van der Waals surface area (Å²) in [5, 5.41) is 0.707. The van der Waals surface area contributed by atoms with E-state index >= 15 is 0 Å². The fourth-order valence-electron chi connectivity index (χ4n) is 6.29. The molecular formula is C25H25ClO. The fourth-order valence-corrected chi connectivity index (χ4v) is 6.42. The van der Waals surface area contributed by atoms with Crippen molar-refractivity contribution >= 4 is 23.5 Å². The minimum atomic E-state index is 0.0574. The number of ketones is 1. The Hall–Kier alpha value is -1.86. The lowest BCUT2D eigenvalue weighted by Gasteiger charge is -2.57. The normalized spacial score (nSPS) is 31.5. The van der Waals surface area contributed by atoms with E-state index in [1.165, 1.54) is 44.1 Å². The number of carbonyl (C=O) groups is 1. The first-order valence-electron chi connectivity index (χ1n) is 10.2. The van der Waals surface area contributed by atoms with Crippen molar-refractivity contribution in [2.24, 2.45) is 17.8 Å². The van der Waals surface area contributed by atoms with Crippen molar-refractivity contribution in [1.82, 2.24) is 0 Å². The molecule has 2 heteroatoms. The van der Waals surface area contributed by atoms with E-state index in [9.17, 15) is 4.79 Å². The molecule has 0 heterocycles. The molecule has 27 heavy (non-hydrogen) atoms. The molecule has 4 saturated carbocycles. The van der Waals surface area contributed by atoms with E-state index in [0.29, 0.717) is 10.4 Å². The smallest absolute Gasteiger partial charge is 0.185 e. The topological polar surface area (TPSA) is 17.1 Å². The second kappa shape index (κ2) is 6.63. The lowest BCUT2D eigenvalue weighted by molar-refractivity contribution is -0.00519. The van der Waals surface area contributed by atoms with Gasteiger partial charge in [0.2, 0.25) is 0 Å². The van der Waals surface area contributed by atoms with Gasteiger partial charge in [-0.1, -0.05) is 54.1 Å². The molecule has 0 radical (unpaired) electrons. The highest BCUT2D eigenvalue weighted by atomic mass is 35.5. The second-order valence-electron chi connectivity index (χ2n) is 9.02. The van der Waals surface area contributed by atoms with Gasteiger partial charge < -0.3 is 0 Å². The van der Waals surface area contributed by atoms with E-state index in [2.05, 4.69) is 12.1 Å². The maximum Gasteiger partial charge on any atom is 0.185 e. The van der Waals surface area contributed by atoms with Crippen LogP contribution < -0.4 is 0 Å². The van der Waals surface area contributed by atoms with Gasteiger partial charge in [0.25, 0.3) is 0 Å². The summed E-state index contributed by atoms with van der Waals surface area (Å²) in [5.74, 6) is 2.89. The molecule has 4 aliphatic carbocycles. The molecular weight excluding hydrogens is 352 g/mol. The van der Waals surface area contributed by atoms with Crippen LogP contribution in [0, 0.1) is 17.8 Å². The van der Waals surface area contributed by atoms with Gasteiger partial charge in [-0.15, -0.1) is 0 Å². The fraction of sp³-hybridized carbons (Fsp3) is 0.400. The third-order valence-electron chi connectivity index (χ3n) is 7.12. The largest absolute Gasteiger partial charge is 0.289 e. The Labute approximate surface area is 166 Å². The third-order valence-corrected chi connectivity index (χ3v) is 7.37. The summed E-state index contributed by atoms with van der Waals surface area (Å²) in [6, 6.07) is 16.0. The van der Waals surface area contributed by atoms with E-state index in [0.717, 1.165) is 28.9 Å². The Bertz CT molecular complexity index is 840. The van der Waals surface area contributed by atoms with Crippen LogP contribution in [0.2, 0.25) is 5.02 Å². The molecule has 4 aliphatic rings. The van der Waals surface area contributed by atoms with Crippen LogP contribution in [0.5, 0.6) is 0 Å². The van der Waals surface area contributed by atoms with Crippen LogP contribution in [0.3, 0.4) is 0 Å². The Balaban J connectivity index is 1.33. The summed E-state index contributed by atoms with van der Waals surface area (Å²) >= 11 is 5.91. The van der Waals surface area contributed by atoms with Crippen molar-refractivity contribution < 1.29 is 4.79 Å². The molecule has 0 saturated heterocycles. The first-order valence-corrected chi connectivity index (χ1v) is 10.6. The van der Waals surface area contributed by atoms with Gasteiger partial charge in [-0.05, 0) is 91.0 Å². The van der Waals surface area contributed by atoms with Crippen molar-refractivity contribution in [1.29, 1.82) is 0 Å². The van der Waals surface area contributed by atoms with E-state index in [1.54, 1.807) is 6.08 Å². The van der Waals surface area contributed by atoms with Crippen LogP contribution in [0.25, 0.3) is 6.08 Å². The van der Waals surface area contributed by atoms with Crippen molar-refractivity contribution in [3.63, 3.8) is 0 Å². The Morgan fingerprint density at radius 2 is 1.41 bits per heavy atom. The van der Waals surface area contributed by atoms with Crippen molar-refractivity contribution in [3.8, 4) is 0 Å². The molecule has 0 N–H and O–H groups in total. The molecule has 138 valence electrons. The number of hydrogen-bond donors (Lipinski definition) is 0. The third kappa shape index (κ3) is 3.27. The van der Waals surface area contributed by atoms with Gasteiger partial charge in [-0.25, -0.2) is 0 Å².